The molecule has 0 radical (unpaired) electrons. The van der Waals surface area contributed by atoms with Gasteiger partial charge in [0.2, 0.25) is 0 Å². The Kier molecular flexibility index (Phi) is 8.56. The maximum Gasteiger partial charge on any atom is 0.142 e. The van der Waals surface area contributed by atoms with Crippen molar-refractivity contribution in [2.24, 2.45) is 0 Å². The molecular weight excluding hydrogens is 570 g/mol. The van der Waals surface area contributed by atoms with Gasteiger partial charge in [0.1, 0.15) is 26.6 Å². The molecule has 7 aromatic heterocycles. The number of pyridine rings is 5. The van der Waals surface area contributed by atoms with Crippen molar-refractivity contribution in [1.29, 1.82) is 0 Å². The highest BCUT2D eigenvalue weighted by Gasteiger charge is 2.16. The second kappa shape index (κ2) is 13.0. The maximum atomic E-state index is 5.81. The van der Waals surface area contributed by atoms with E-state index in [4.69, 9.17) is 11.6 Å². The van der Waals surface area contributed by atoms with Crippen molar-refractivity contribution < 1.29 is 0 Å². The monoisotopic (exact) mass is 593 g/mol. The van der Waals surface area contributed by atoms with Crippen molar-refractivity contribution in [1.82, 2.24) is 34.9 Å². The number of aryl methyl sites for hydroxylation is 1. The molecule has 0 unspecified atom stereocenters. The van der Waals surface area contributed by atoms with Crippen LogP contribution in [0.25, 0.3) is 43.2 Å². The van der Waals surface area contributed by atoms with E-state index in [1.165, 1.54) is 30.4 Å². The summed E-state index contributed by atoms with van der Waals surface area (Å²) in [6.45, 7) is 0. The Labute approximate surface area is 250 Å². The number of aromatic nitrogens is 7. The first-order chi connectivity index (χ1) is 20.3. The zero-order chi connectivity index (χ0) is 27.9. The second-order valence-corrected chi connectivity index (χ2v) is 11.2. The number of thiazole rings is 2. The summed E-state index contributed by atoms with van der Waals surface area (Å²) in [6.07, 6.45) is 17.5. The van der Waals surface area contributed by atoms with E-state index >= 15 is 0 Å². The van der Waals surface area contributed by atoms with E-state index < -0.39 is 0 Å². The summed E-state index contributed by atoms with van der Waals surface area (Å²) in [7, 11) is 0. The van der Waals surface area contributed by atoms with Crippen LogP contribution >= 0.6 is 34.3 Å². The SMILES string of the molecule is Clc1nccc2ncccc12.c1cnc2ccnc(-c3nccs3)c2c1.c1csc(-c2nccc3c2CCCC3)n1. The first-order valence-corrected chi connectivity index (χ1v) is 15.2. The van der Waals surface area contributed by atoms with E-state index in [-0.39, 0.29) is 0 Å². The molecule has 0 atom stereocenters. The number of fused-ring (bicyclic) bond motifs is 3. The van der Waals surface area contributed by atoms with Crippen LogP contribution < -0.4 is 0 Å². The molecule has 0 saturated carbocycles. The molecule has 1 aliphatic carbocycles. The molecule has 0 fully saturated rings. The molecule has 0 aliphatic heterocycles. The third-order valence-corrected chi connectivity index (χ3v) is 8.42. The van der Waals surface area contributed by atoms with Gasteiger partial charge in [-0.05, 0) is 79.3 Å². The van der Waals surface area contributed by atoms with E-state index in [0.717, 1.165) is 49.6 Å². The molecule has 7 aromatic rings. The lowest BCUT2D eigenvalue weighted by Crippen LogP contribution is -2.05. The summed E-state index contributed by atoms with van der Waals surface area (Å²) in [5.74, 6) is 0. The Morgan fingerprint density at radius 2 is 1.15 bits per heavy atom. The van der Waals surface area contributed by atoms with Gasteiger partial charge in [-0.3, -0.25) is 19.9 Å². The molecule has 10 heteroatoms. The van der Waals surface area contributed by atoms with Crippen LogP contribution in [0, 0.1) is 0 Å². The lowest BCUT2D eigenvalue weighted by molar-refractivity contribution is 0.683. The highest BCUT2D eigenvalue weighted by molar-refractivity contribution is 7.13. The van der Waals surface area contributed by atoms with Crippen LogP contribution in [-0.2, 0) is 12.8 Å². The van der Waals surface area contributed by atoms with E-state index in [0.29, 0.717) is 5.15 Å². The average Bonchev–Trinajstić information content (AvgIpc) is 3.77. The summed E-state index contributed by atoms with van der Waals surface area (Å²) in [5, 5.41) is 8.43. The molecular formula is C31H24ClN7S2. The van der Waals surface area contributed by atoms with Gasteiger partial charge >= 0.3 is 0 Å². The van der Waals surface area contributed by atoms with E-state index in [1.54, 1.807) is 53.7 Å². The molecule has 1 aliphatic rings. The lowest BCUT2D eigenvalue weighted by atomic mass is 9.91. The first kappa shape index (κ1) is 27.0. The Morgan fingerprint density at radius 1 is 0.537 bits per heavy atom. The minimum atomic E-state index is 0.510. The highest BCUT2D eigenvalue weighted by Crippen LogP contribution is 2.30. The fourth-order valence-electron chi connectivity index (χ4n) is 4.67. The number of hydrogen-bond acceptors (Lipinski definition) is 9. The Hall–Kier alpha value is -4.18. The second-order valence-electron chi connectivity index (χ2n) is 9.08. The Bertz CT molecular complexity index is 1870. The molecule has 0 saturated heterocycles. The summed E-state index contributed by atoms with van der Waals surface area (Å²) in [6, 6.07) is 13.6. The lowest BCUT2D eigenvalue weighted by Gasteiger charge is -2.17. The van der Waals surface area contributed by atoms with Gasteiger partial charge in [-0.15, -0.1) is 22.7 Å². The molecule has 202 valence electrons. The van der Waals surface area contributed by atoms with Crippen molar-refractivity contribution in [2.75, 3.05) is 0 Å². The number of hydrogen-bond donors (Lipinski definition) is 0. The summed E-state index contributed by atoms with van der Waals surface area (Å²) in [5.41, 5.74) is 6.77. The Balaban J connectivity index is 0.000000112. The minimum absolute atomic E-state index is 0.510. The summed E-state index contributed by atoms with van der Waals surface area (Å²) >= 11 is 9.07. The predicted molar refractivity (Wildman–Crippen MR) is 167 cm³/mol. The Morgan fingerprint density at radius 3 is 1.85 bits per heavy atom. The van der Waals surface area contributed by atoms with Crippen molar-refractivity contribution in [3.63, 3.8) is 0 Å². The van der Waals surface area contributed by atoms with E-state index in [2.05, 4.69) is 41.0 Å². The molecule has 0 bridgehead atoms. The molecule has 0 aromatic carbocycles. The number of halogens is 1. The van der Waals surface area contributed by atoms with Gasteiger partial charge in [-0.25, -0.2) is 15.0 Å². The summed E-state index contributed by atoms with van der Waals surface area (Å²) < 4.78 is 0. The van der Waals surface area contributed by atoms with Crippen molar-refractivity contribution in [2.45, 2.75) is 25.7 Å². The van der Waals surface area contributed by atoms with Gasteiger partial charge in [0, 0.05) is 64.9 Å². The van der Waals surface area contributed by atoms with E-state index in [9.17, 15) is 0 Å². The average molecular weight is 594 g/mol. The van der Waals surface area contributed by atoms with Crippen LogP contribution in [-0.4, -0.2) is 34.9 Å². The van der Waals surface area contributed by atoms with Crippen molar-refractivity contribution in [3.05, 3.63) is 113 Å². The molecule has 7 heterocycles. The van der Waals surface area contributed by atoms with Gasteiger partial charge in [0.05, 0.1) is 11.0 Å². The zero-order valence-electron chi connectivity index (χ0n) is 21.9. The molecule has 41 heavy (non-hydrogen) atoms. The highest BCUT2D eigenvalue weighted by atomic mass is 35.5. The van der Waals surface area contributed by atoms with Gasteiger partial charge in [-0.2, -0.15) is 0 Å². The first-order valence-electron chi connectivity index (χ1n) is 13.1. The topological polar surface area (TPSA) is 90.2 Å². The largest absolute Gasteiger partial charge is 0.256 e. The van der Waals surface area contributed by atoms with Crippen molar-refractivity contribution >= 4 is 56.1 Å². The minimum Gasteiger partial charge on any atom is -0.256 e. The van der Waals surface area contributed by atoms with Crippen LogP contribution in [0.1, 0.15) is 24.0 Å². The van der Waals surface area contributed by atoms with Gasteiger partial charge in [0.15, 0.2) is 0 Å². The molecule has 0 N–H and O–H groups in total. The third kappa shape index (κ3) is 6.27. The van der Waals surface area contributed by atoms with E-state index in [1.807, 2.05) is 59.6 Å². The van der Waals surface area contributed by atoms with Gasteiger partial charge < -0.3 is 0 Å². The number of rotatable bonds is 2. The van der Waals surface area contributed by atoms with Crippen LogP contribution in [0.15, 0.2) is 96.6 Å². The number of nitrogens with zero attached hydrogens (tertiary/aromatic N) is 7. The quantitative estimate of drug-likeness (QED) is 0.187. The molecule has 0 spiro atoms. The fourth-order valence-corrected chi connectivity index (χ4v) is 6.19. The van der Waals surface area contributed by atoms with Crippen LogP contribution in [0.3, 0.4) is 0 Å². The molecule has 0 amide bonds. The normalized spacial score (nSPS) is 12.1. The summed E-state index contributed by atoms with van der Waals surface area (Å²) in [4.78, 5) is 29.8. The third-order valence-electron chi connectivity index (χ3n) is 6.56. The molecule has 7 nitrogen and oxygen atoms in total. The van der Waals surface area contributed by atoms with Crippen molar-refractivity contribution in [3.8, 4) is 21.4 Å². The molecule has 8 rings (SSSR count). The van der Waals surface area contributed by atoms with Gasteiger partial charge in [0.25, 0.3) is 0 Å². The van der Waals surface area contributed by atoms with Crippen LogP contribution in [0.2, 0.25) is 5.15 Å². The fraction of sp³-hybridized carbons (Fsp3) is 0.129. The zero-order valence-corrected chi connectivity index (χ0v) is 24.3. The van der Waals surface area contributed by atoms with Crippen LogP contribution in [0.4, 0.5) is 0 Å². The standard InChI is InChI=1S/C12H12N2S.C11H7N3S.C8H5ClN2/c1-2-4-10-9(3-1)5-6-13-11(10)12-14-7-8-15-12;1-2-8-9(12-4-1)3-5-13-10(8)11-14-6-7-15-11;9-8-6-2-1-4-10-7(6)3-5-11-8/h5-8H,1-4H2;1-7H;1-5H. The predicted octanol–water partition coefficient (Wildman–Crippen LogP) is 8.12. The van der Waals surface area contributed by atoms with Crippen LogP contribution in [0.5, 0.6) is 0 Å². The smallest absolute Gasteiger partial charge is 0.142 e. The maximum absolute atomic E-state index is 5.81. The van der Waals surface area contributed by atoms with Gasteiger partial charge in [-0.1, -0.05) is 11.6 Å².